The molecular formula is C13H27NO. The first-order valence-electron chi connectivity index (χ1n) is 6.44. The molecule has 1 saturated carbocycles. The Morgan fingerprint density at radius 1 is 1.40 bits per heavy atom. The Balaban J connectivity index is 2.67. The molecule has 0 bridgehead atoms. The molecule has 0 aliphatic heterocycles. The predicted molar refractivity (Wildman–Crippen MR) is 64.6 cm³/mol. The molecule has 0 heterocycles. The van der Waals surface area contributed by atoms with Gasteiger partial charge in [0, 0.05) is 12.0 Å². The lowest BCUT2D eigenvalue weighted by atomic mass is 9.65. The van der Waals surface area contributed by atoms with Crippen LogP contribution in [-0.4, -0.2) is 17.8 Å². The molecule has 0 amide bonds. The second kappa shape index (κ2) is 5.31. The van der Waals surface area contributed by atoms with Gasteiger partial charge >= 0.3 is 0 Å². The van der Waals surface area contributed by atoms with Crippen LogP contribution in [0.1, 0.15) is 52.9 Å². The summed E-state index contributed by atoms with van der Waals surface area (Å²) in [6.45, 7) is 7.23. The molecule has 2 heteroatoms. The summed E-state index contributed by atoms with van der Waals surface area (Å²) in [6, 6.07) is 0. The predicted octanol–water partition coefficient (Wildman–Crippen LogP) is 2.55. The Bertz CT molecular complexity index is 185. The molecule has 0 radical (unpaired) electrons. The van der Waals surface area contributed by atoms with Gasteiger partial charge in [-0.15, -0.1) is 0 Å². The first-order valence-corrected chi connectivity index (χ1v) is 6.44. The van der Waals surface area contributed by atoms with Crippen LogP contribution in [0.25, 0.3) is 0 Å². The van der Waals surface area contributed by atoms with Crippen molar-refractivity contribution < 1.29 is 5.11 Å². The SMILES string of the molecule is CCC(C)C(O)C1(CN)CCC(C)CC1. The van der Waals surface area contributed by atoms with Crippen molar-refractivity contribution >= 4 is 0 Å². The molecule has 0 aromatic carbocycles. The molecule has 2 nitrogen and oxygen atoms in total. The van der Waals surface area contributed by atoms with Crippen molar-refractivity contribution in [1.29, 1.82) is 0 Å². The van der Waals surface area contributed by atoms with E-state index in [2.05, 4.69) is 20.8 Å². The largest absolute Gasteiger partial charge is 0.392 e. The van der Waals surface area contributed by atoms with Crippen molar-refractivity contribution in [3.05, 3.63) is 0 Å². The first kappa shape index (κ1) is 13.0. The van der Waals surface area contributed by atoms with E-state index in [0.717, 1.165) is 25.2 Å². The third-order valence-corrected chi connectivity index (χ3v) is 4.49. The van der Waals surface area contributed by atoms with E-state index in [0.29, 0.717) is 12.5 Å². The van der Waals surface area contributed by atoms with E-state index < -0.39 is 0 Å². The van der Waals surface area contributed by atoms with Gasteiger partial charge in [0.15, 0.2) is 0 Å². The summed E-state index contributed by atoms with van der Waals surface area (Å²) in [6.07, 6.45) is 5.50. The van der Waals surface area contributed by atoms with Gasteiger partial charge in [0.2, 0.25) is 0 Å². The highest BCUT2D eigenvalue weighted by molar-refractivity contribution is 4.93. The fourth-order valence-electron chi connectivity index (χ4n) is 2.78. The van der Waals surface area contributed by atoms with Gasteiger partial charge in [-0.3, -0.25) is 0 Å². The van der Waals surface area contributed by atoms with Crippen LogP contribution < -0.4 is 5.73 Å². The lowest BCUT2D eigenvalue weighted by Gasteiger charge is -2.44. The summed E-state index contributed by atoms with van der Waals surface area (Å²) >= 11 is 0. The maximum atomic E-state index is 10.4. The van der Waals surface area contributed by atoms with Crippen LogP contribution in [0, 0.1) is 17.3 Å². The van der Waals surface area contributed by atoms with E-state index in [1.54, 1.807) is 0 Å². The zero-order valence-electron chi connectivity index (χ0n) is 10.5. The van der Waals surface area contributed by atoms with E-state index >= 15 is 0 Å². The zero-order valence-corrected chi connectivity index (χ0v) is 10.5. The number of aliphatic hydroxyl groups excluding tert-OH is 1. The highest BCUT2D eigenvalue weighted by Gasteiger charge is 2.41. The second-order valence-corrected chi connectivity index (χ2v) is 5.58. The topological polar surface area (TPSA) is 46.2 Å². The van der Waals surface area contributed by atoms with Crippen molar-refractivity contribution in [2.75, 3.05) is 6.54 Å². The van der Waals surface area contributed by atoms with E-state index in [4.69, 9.17) is 5.73 Å². The Morgan fingerprint density at radius 3 is 2.33 bits per heavy atom. The van der Waals surface area contributed by atoms with E-state index in [-0.39, 0.29) is 11.5 Å². The van der Waals surface area contributed by atoms with Crippen molar-refractivity contribution in [2.45, 2.75) is 59.0 Å². The van der Waals surface area contributed by atoms with Crippen molar-refractivity contribution in [2.24, 2.45) is 23.0 Å². The van der Waals surface area contributed by atoms with Crippen LogP contribution in [0.4, 0.5) is 0 Å². The number of hydrogen-bond donors (Lipinski definition) is 2. The summed E-state index contributed by atoms with van der Waals surface area (Å²) in [5.41, 5.74) is 5.93. The van der Waals surface area contributed by atoms with Crippen LogP contribution in [0.3, 0.4) is 0 Å². The standard InChI is InChI=1S/C13H27NO/c1-4-11(3)12(15)13(9-14)7-5-10(2)6-8-13/h10-12,15H,4-9,14H2,1-3H3. The van der Waals surface area contributed by atoms with Gasteiger partial charge in [0.05, 0.1) is 6.10 Å². The summed E-state index contributed by atoms with van der Waals surface area (Å²) in [5, 5.41) is 10.4. The zero-order chi connectivity index (χ0) is 11.5. The fourth-order valence-corrected chi connectivity index (χ4v) is 2.78. The smallest absolute Gasteiger partial charge is 0.0633 e. The minimum atomic E-state index is -0.208. The van der Waals surface area contributed by atoms with Crippen LogP contribution >= 0.6 is 0 Å². The molecule has 2 unspecified atom stereocenters. The number of aliphatic hydroxyl groups is 1. The van der Waals surface area contributed by atoms with Gasteiger partial charge in [-0.2, -0.15) is 0 Å². The third-order valence-electron chi connectivity index (χ3n) is 4.49. The maximum Gasteiger partial charge on any atom is 0.0633 e. The fraction of sp³-hybridized carbons (Fsp3) is 1.00. The Morgan fingerprint density at radius 2 is 1.93 bits per heavy atom. The molecule has 1 rings (SSSR count). The second-order valence-electron chi connectivity index (χ2n) is 5.58. The van der Waals surface area contributed by atoms with Gasteiger partial charge in [0.1, 0.15) is 0 Å². The minimum Gasteiger partial charge on any atom is -0.392 e. The van der Waals surface area contributed by atoms with E-state index in [9.17, 15) is 5.11 Å². The molecule has 0 saturated heterocycles. The average molecular weight is 213 g/mol. The average Bonchev–Trinajstić information content (AvgIpc) is 2.28. The Hall–Kier alpha value is -0.0800. The number of nitrogens with two attached hydrogens (primary N) is 1. The Kier molecular flexibility index (Phi) is 4.60. The first-order chi connectivity index (χ1) is 7.05. The quantitative estimate of drug-likeness (QED) is 0.754. The van der Waals surface area contributed by atoms with Crippen LogP contribution in [0.2, 0.25) is 0 Å². The molecule has 0 spiro atoms. The summed E-state index contributed by atoms with van der Waals surface area (Å²) in [4.78, 5) is 0. The molecule has 1 aliphatic rings. The molecule has 1 aliphatic carbocycles. The van der Waals surface area contributed by atoms with Crippen LogP contribution in [0.5, 0.6) is 0 Å². The maximum absolute atomic E-state index is 10.4. The molecule has 90 valence electrons. The summed E-state index contributed by atoms with van der Waals surface area (Å²) in [5.74, 6) is 1.19. The van der Waals surface area contributed by atoms with Crippen molar-refractivity contribution in [1.82, 2.24) is 0 Å². The number of hydrogen-bond acceptors (Lipinski definition) is 2. The Labute approximate surface area is 94.2 Å². The lowest BCUT2D eigenvalue weighted by molar-refractivity contribution is -0.0396. The van der Waals surface area contributed by atoms with E-state index in [1.807, 2.05) is 0 Å². The van der Waals surface area contributed by atoms with Gasteiger partial charge in [-0.05, 0) is 24.7 Å². The molecule has 1 fully saturated rings. The van der Waals surface area contributed by atoms with Crippen LogP contribution in [0.15, 0.2) is 0 Å². The normalized spacial score (nSPS) is 36.2. The highest BCUT2D eigenvalue weighted by Crippen LogP contribution is 2.43. The van der Waals surface area contributed by atoms with Gasteiger partial charge in [-0.25, -0.2) is 0 Å². The summed E-state index contributed by atoms with van der Waals surface area (Å²) in [7, 11) is 0. The number of rotatable bonds is 4. The van der Waals surface area contributed by atoms with Crippen LogP contribution in [-0.2, 0) is 0 Å². The van der Waals surface area contributed by atoms with Gasteiger partial charge in [0.25, 0.3) is 0 Å². The molecule has 0 aromatic rings. The molecule has 2 atom stereocenters. The highest BCUT2D eigenvalue weighted by atomic mass is 16.3. The monoisotopic (exact) mass is 213 g/mol. The molecule has 15 heavy (non-hydrogen) atoms. The van der Waals surface area contributed by atoms with Crippen molar-refractivity contribution in [3.63, 3.8) is 0 Å². The van der Waals surface area contributed by atoms with Gasteiger partial charge < -0.3 is 10.8 Å². The van der Waals surface area contributed by atoms with Gasteiger partial charge in [-0.1, -0.05) is 40.0 Å². The van der Waals surface area contributed by atoms with E-state index in [1.165, 1.54) is 12.8 Å². The lowest BCUT2D eigenvalue weighted by Crippen LogP contribution is -2.47. The molecule has 0 aromatic heterocycles. The molecular weight excluding hydrogens is 186 g/mol. The molecule has 3 N–H and O–H groups in total. The summed E-state index contributed by atoms with van der Waals surface area (Å²) < 4.78 is 0. The minimum absolute atomic E-state index is 0.0158. The van der Waals surface area contributed by atoms with Crippen molar-refractivity contribution in [3.8, 4) is 0 Å². The third kappa shape index (κ3) is 2.73.